The molecule has 0 bridgehead atoms. The number of halogens is 1. The molecule has 1 amide bonds. The van der Waals surface area contributed by atoms with Crippen molar-refractivity contribution in [2.24, 2.45) is 5.41 Å². The molecule has 6 radical (unpaired) electrons. The lowest BCUT2D eigenvalue weighted by Gasteiger charge is -2.38. The molecule has 1 aliphatic carbocycles. The van der Waals surface area contributed by atoms with Crippen LogP contribution in [0.15, 0.2) is 0 Å². The zero-order valence-electron chi connectivity index (χ0n) is 11.7. The van der Waals surface area contributed by atoms with Crippen LogP contribution in [0.1, 0.15) is 28.2 Å². The van der Waals surface area contributed by atoms with Gasteiger partial charge in [0.2, 0.25) is 0 Å². The molecular weight excluding hydrogens is 324 g/mol. The van der Waals surface area contributed by atoms with E-state index in [0.717, 1.165) is 5.69 Å². The summed E-state index contributed by atoms with van der Waals surface area (Å²) in [6.07, 6.45) is 0.966. The smallest absolute Gasteiger partial charge is 0.410 e. The number of thiazole rings is 1. The average molecular weight is 337 g/mol. The normalized spacial score (nSPS) is 20.4. The van der Waals surface area contributed by atoms with Crippen molar-refractivity contribution in [3.8, 4) is 0 Å². The Morgan fingerprint density at radius 2 is 2.00 bits per heavy atom. The van der Waals surface area contributed by atoms with E-state index in [-0.39, 0.29) is 5.78 Å². The summed E-state index contributed by atoms with van der Waals surface area (Å²) in [4.78, 5) is 30.8. The van der Waals surface area contributed by atoms with Gasteiger partial charge in [-0.2, -0.15) is 0 Å². The largest absolute Gasteiger partial charge is 0.442 e. The number of piperidine rings is 1. The highest BCUT2D eigenvalue weighted by Gasteiger charge is 2.49. The van der Waals surface area contributed by atoms with E-state index in [0.29, 0.717) is 41.7 Å². The summed E-state index contributed by atoms with van der Waals surface area (Å²) >= 11 is 7.06. The number of hydrogen-bond donors (Lipinski definition) is 0. The number of amides is 1. The van der Waals surface area contributed by atoms with Crippen molar-refractivity contribution in [2.45, 2.75) is 24.9 Å². The Labute approximate surface area is 138 Å². The molecule has 0 N–H and O–H groups in total. The third-order valence-corrected chi connectivity index (χ3v) is 5.31. The van der Waals surface area contributed by atoms with Crippen LogP contribution in [0.25, 0.3) is 0 Å². The van der Waals surface area contributed by atoms with E-state index in [1.54, 1.807) is 0 Å². The molecule has 5 nitrogen and oxygen atoms in total. The fraction of sp³-hybridized carbons (Fsp3) is 0.467. The molecule has 0 unspecified atom stereocenters. The maximum Gasteiger partial charge on any atom is 0.410 e. The fourth-order valence-electron chi connectivity index (χ4n) is 3.00. The van der Waals surface area contributed by atoms with E-state index < -0.39 is 17.1 Å². The molecule has 1 aromatic rings. The van der Waals surface area contributed by atoms with Crippen LogP contribution in [0.2, 0.25) is 4.47 Å². The van der Waals surface area contributed by atoms with E-state index in [1.807, 2.05) is 0 Å². The number of hydrogen-bond acceptors (Lipinski definition) is 5. The Balaban J connectivity index is 1.67. The van der Waals surface area contributed by atoms with E-state index in [4.69, 9.17) is 37.1 Å². The molecule has 3 rings (SSSR count). The topological polar surface area (TPSA) is 59.5 Å². The minimum atomic E-state index is -2.00. The van der Waals surface area contributed by atoms with Crippen LogP contribution in [0, 0.1) is 26.2 Å². The summed E-state index contributed by atoms with van der Waals surface area (Å²) in [5.74, 6) is 0.0748. The van der Waals surface area contributed by atoms with Gasteiger partial charge >= 0.3 is 6.09 Å². The molecule has 1 saturated heterocycles. The molecule has 0 aromatic carbocycles. The Morgan fingerprint density at radius 3 is 2.55 bits per heavy atom. The minimum absolute atomic E-state index is 0.0748. The summed E-state index contributed by atoms with van der Waals surface area (Å²) < 4.78 is 5.11. The van der Waals surface area contributed by atoms with Crippen LogP contribution in [0.3, 0.4) is 0 Å². The van der Waals surface area contributed by atoms with Crippen molar-refractivity contribution >= 4 is 34.8 Å². The van der Waals surface area contributed by atoms with Crippen molar-refractivity contribution in [2.75, 3.05) is 13.1 Å². The van der Waals surface area contributed by atoms with Gasteiger partial charge in [-0.25, -0.2) is 9.78 Å². The van der Waals surface area contributed by atoms with Gasteiger partial charge in [0.25, 0.3) is 0 Å². The molecule has 1 aromatic heterocycles. The van der Waals surface area contributed by atoms with Gasteiger partial charge in [-0.05, 0) is 12.8 Å². The first-order valence-electron chi connectivity index (χ1n) is 6.75. The number of Topliss-reactive ketones (excluding diaryl/α,β-unsaturated/α-hetero) is 1. The third kappa shape index (κ3) is 2.74. The maximum atomic E-state index is 12.6. The van der Waals surface area contributed by atoms with E-state index in [9.17, 15) is 9.59 Å². The first kappa shape index (κ1) is 15.7. The minimum Gasteiger partial charge on any atom is -0.442 e. The standard InChI is InChI=1S/C15H13ClN2O3S/c1-14(2,3)21-13(20)18-6-4-15(5-7-18)8-9-10(11(15)19)22-12(16)17-9/h1-3H,4-8H2. The van der Waals surface area contributed by atoms with Gasteiger partial charge < -0.3 is 9.64 Å². The molecule has 1 fully saturated rings. The van der Waals surface area contributed by atoms with Crippen LogP contribution in [-0.2, 0) is 11.2 Å². The first-order chi connectivity index (χ1) is 10.2. The van der Waals surface area contributed by atoms with Crippen LogP contribution < -0.4 is 0 Å². The van der Waals surface area contributed by atoms with Crippen molar-refractivity contribution < 1.29 is 14.3 Å². The number of aromatic nitrogens is 1. The van der Waals surface area contributed by atoms with Gasteiger partial charge in [0, 0.05) is 45.7 Å². The molecule has 0 atom stereocenters. The monoisotopic (exact) mass is 336 g/mol. The van der Waals surface area contributed by atoms with Crippen LogP contribution >= 0.6 is 22.9 Å². The van der Waals surface area contributed by atoms with Crippen molar-refractivity contribution in [1.29, 1.82) is 0 Å². The second-order valence-corrected chi connectivity index (χ2v) is 7.32. The third-order valence-electron chi connectivity index (χ3n) is 4.11. The second-order valence-electron chi connectivity index (χ2n) is 5.74. The summed E-state index contributed by atoms with van der Waals surface area (Å²) in [6, 6.07) is 0. The summed E-state index contributed by atoms with van der Waals surface area (Å²) in [6.45, 7) is 16.5. The maximum absolute atomic E-state index is 12.6. The Hall–Kier alpha value is -1.14. The Morgan fingerprint density at radius 1 is 1.36 bits per heavy atom. The lowest BCUT2D eigenvalue weighted by Crippen LogP contribution is -2.47. The van der Waals surface area contributed by atoms with Gasteiger partial charge in [0.15, 0.2) is 10.3 Å². The lowest BCUT2D eigenvalue weighted by molar-refractivity contribution is 0.0380. The lowest BCUT2D eigenvalue weighted by atomic mass is 9.76. The highest BCUT2D eigenvalue weighted by atomic mass is 35.5. The summed E-state index contributed by atoms with van der Waals surface area (Å²) in [5.41, 5.74) is -1.72. The molecular formula is C15H13ClN2O3S. The second kappa shape index (κ2) is 5.20. The Kier molecular flexibility index (Phi) is 3.72. The molecule has 2 aliphatic rings. The number of fused-ring (bicyclic) bond motifs is 1. The molecule has 2 heterocycles. The molecule has 1 aliphatic heterocycles. The predicted octanol–water partition coefficient (Wildman–Crippen LogP) is 2.63. The number of ketones is 1. The summed E-state index contributed by atoms with van der Waals surface area (Å²) in [5, 5.41) is 0. The highest BCUT2D eigenvalue weighted by molar-refractivity contribution is 7.17. The van der Waals surface area contributed by atoms with E-state index in [1.165, 1.54) is 16.2 Å². The SMILES string of the molecule is [CH]C([CH])([CH])OC(=O)N1CCC2(CC1)Cc1nc(Cl)sc1C2=O. The Bertz CT molecular complexity index is 627. The van der Waals surface area contributed by atoms with Gasteiger partial charge in [-0.15, -0.1) is 0 Å². The number of carbonyl (C=O) groups excluding carboxylic acids is 2. The zero-order chi connectivity index (χ0) is 16.1. The number of rotatable bonds is 1. The van der Waals surface area contributed by atoms with Gasteiger partial charge in [0.1, 0.15) is 5.60 Å². The van der Waals surface area contributed by atoms with Crippen LogP contribution in [0.5, 0.6) is 0 Å². The number of likely N-dealkylation sites (tertiary alicyclic amines) is 1. The molecule has 0 saturated carbocycles. The zero-order valence-corrected chi connectivity index (χ0v) is 13.2. The van der Waals surface area contributed by atoms with E-state index in [2.05, 4.69) is 4.98 Å². The molecule has 1 spiro atoms. The number of ether oxygens (including phenoxy) is 1. The fourth-order valence-corrected chi connectivity index (χ4v) is 4.20. The molecule has 114 valence electrons. The molecule has 7 heteroatoms. The average Bonchev–Trinajstić information content (AvgIpc) is 2.86. The van der Waals surface area contributed by atoms with Gasteiger partial charge in [-0.1, -0.05) is 22.9 Å². The van der Waals surface area contributed by atoms with Crippen molar-refractivity contribution in [3.05, 3.63) is 35.8 Å². The van der Waals surface area contributed by atoms with Crippen LogP contribution in [-0.4, -0.2) is 40.5 Å². The quantitative estimate of drug-likeness (QED) is 0.791. The van der Waals surface area contributed by atoms with E-state index >= 15 is 0 Å². The molecule has 22 heavy (non-hydrogen) atoms. The van der Waals surface area contributed by atoms with Gasteiger partial charge in [0.05, 0.1) is 10.6 Å². The van der Waals surface area contributed by atoms with Crippen LogP contribution in [0.4, 0.5) is 4.79 Å². The number of carbonyl (C=O) groups is 2. The van der Waals surface area contributed by atoms with Crippen molar-refractivity contribution in [1.82, 2.24) is 9.88 Å². The van der Waals surface area contributed by atoms with Crippen molar-refractivity contribution in [3.63, 3.8) is 0 Å². The predicted molar refractivity (Wildman–Crippen MR) is 80.5 cm³/mol. The highest BCUT2D eigenvalue weighted by Crippen LogP contribution is 2.46. The number of nitrogens with zero attached hydrogens (tertiary/aromatic N) is 2. The first-order valence-corrected chi connectivity index (χ1v) is 7.94. The van der Waals surface area contributed by atoms with Gasteiger partial charge in [-0.3, -0.25) is 4.79 Å². The summed E-state index contributed by atoms with van der Waals surface area (Å²) in [7, 11) is 0.